The average Bonchev–Trinajstić information content (AvgIpc) is 3.19. The number of hydrogen-bond donors (Lipinski definition) is 2. The molecule has 1 saturated heterocycles. The van der Waals surface area contributed by atoms with Crippen molar-refractivity contribution in [2.45, 2.75) is 32.3 Å². The zero-order valence-corrected chi connectivity index (χ0v) is 15.9. The molecule has 1 fully saturated rings. The summed E-state index contributed by atoms with van der Waals surface area (Å²) >= 11 is 5.36. The van der Waals surface area contributed by atoms with Crippen LogP contribution in [0.3, 0.4) is 0 Å². The van der Waals surface area contributed by atoms with E-state index in [2.05, 4.69) is 59.2 Å². The second-order valence-corrected chi connectivity index (χ2v) is 6.95. The Morgan fingerprint density at radius 1 is 1.15 bits per heavy atom. The number of benzene rings is 2. The minimum Gasteiger partial charge on any atom is -0.376 e. The molecule has 0 amide bonds. The Labute approximate surface area is 160 Å². The van der Waals surface area contributed by atoms with Crippen molar-refractivity contribution >= 4 is 23.0 Å². The third-order valence-electron chi connectivity index (χ3n) is 4.41. The van der Waals surface area contributed by atoms with E-state index < -0.39 is 0 Å². The SMILES string of the molecule is Cc1ccc(/C(Cc2ccccc2)=N/NC(=S)NC[C@H]2CCCO2)cc1. The lowest BCUT2D eigenvalue weighted by Gasteiger charge is -2.13. The van der Waals surface area contributed by atoms with Gasteiger partial charge in [0.2, 0.25) is 0 Å². The molecule has 0 bridgehead atoms. The van der Waals surface area contributed by atoms with Gasteiger partial charge in [-0.25, -0.2) is 0 Å². The fourth-order valence-corrected chi connectivity index (χ4v) is 3.04. The molecule has 0 unspecified atom stereocenters. The van der Waals surface area contributed by atoms with Crippen molar-refractivity contribution in [1.29, 1.82) is 0 Å². The summed E-state index contributed by atoms with van der Waals surface area (Å²) < 4.78 is 5.60. The van der Waals surface area contributed by atoms with Crippen molar-refractivity contribution in [3.8, 4) is 0 Å². The molecule has 2 N–H and O–H groups in total. The number of hydrogen-bond acceptors (Lipinski definition) is 3. The van der Waals surface area contributed by atoms with Crippen LogP contribution in [-0.2, 0) is 11.2 Å². The van der Waals surface area contributed by atoms with Gasteiger partial charge in [-0.1, -0.05) is 60.2 Å². The monoisotopic (exact) mass is 367 g/mol. The van der Waals surface area contributed by atoms with E-state index in [1.807, 2.05) is 18.2 Å². The first kappa shape index (κ1) is 18.5. The van der Waals surface area contributed by atoms with Crippen LogP contribution in [0.5, 0.6) is 0 Å². The summed E-state index contributed by atoms with van der Waals surface area (Å²) in [7, 11) is 0. The van der Waals surface area contributed by atoms with Gasteiger partial charge in [-0.05, 0) is 43.1 Å². The zero-order chi connectivity index (χ0) is 18.2. The lowest BCUT2D eigenvalue weighted by molar-refractivity contribution is 0.114. The van der Waals surface area contributed by atoms with Crippen LogP contribution in [0, 0.1) is 6.92 Å². The van der Waals surface area contributed by atoms with E-state index in [0.29, 0.717) is 5.11 Å². The maximum Gasteiger partial charge on any atom is 0.187 e. The Morgan fingerprint density at radius 3 is 2.62 bits per heavy atom. The van der Waals surface area contributed by atoms with E-state index >= 15 is 0 Å². The molecular formula is C21H25N3OS. The highest BCUT2D eigenvalue weighted by Gasteiger charge is 2.15. The number of aryl methyl sites for hydroxylation is 1. The van der Waals surface area contributed by atoms with E-state index in [1.165, 1.54) is 11.1 Å². The first-order valence-electron chi connectivity index (χ1n) is 9.03. The number of thiocarbonyl (C=S) groups is 1. The lowest BCUT2D eigenvalue weighted by atomic mass is 10.0. The van der Waals surface area contributed by atoms with Gasteiger partial charge < -0.3 is 10.1 Å². The first-order chi connectivity index (χ1) is 12.7. The van der Waals surface area contributed by atoms with Crippen LogP contribution in [0.4, 0.5) is 0 Å². The Kier molecular flexibility index (Phi) is 6.75. The fraction of sp³-hybridized carbons (Fsp3) is 0.333. The quantitative estimate of drug-likeness (QED) is 0.465. The normalized spacial score (nSPS) is 17.1. The number of nitrogens with one attached hydrogen (secondary N) is 2. The van der Waals surface area contributed by atoms with Crippen molar-refractivity contribution < 1.29 is 4.74 Å². The topological polar surface area (TPSA) is 45.7 Å². The fourth-order valence-electron chi connectivity index (χ4n) is 2.91. The standard InChI is InChI=1S/C21H25N3OS/c1-16-9-11-18(12-10-16)20(14-17-6-3-2-4-7-17)23-24-21(26)22-15-19-8-5-13-25-19/h2-4,6-7,9-12,19H,5,8,13-15H2,1H3,(H2,22,24,26)/b23-20+/t19-/m1/s1. The molecule has 0 spiro atoms. The van der Waals surface area contributed by atoms with Crippen LogP contribution in [0.1, 0.15) is 29.5 Å². The molecule has 136 valence electrons. The average molecular weight is 368 g/mol. The number of nitrogens with zero attached hydrogens (tertiary/aromatic N) is 1. The van der Waals surface area contributed by atoms with Gasteiger partial charge in [0.1, 0.15) is 0 Å². The van der Waals surface area contributed by atoms with Gasteiger partial charge in [0, 0.05) is 19.6 Å². The van der Waals surface area contributed by atoms with Crippen LogP contribution in [-0.4, -0.2) is 30.1 Å². The zero-order valence-electron chi connectivity index (χ0n) is 15.1. The van der Waals surface area contributed by atoms with Crippen LogP contribution >= 0.6 is 12.2 Å². The molecule has 3 rings (SSSR count). The molecule has 5 heteroatoms. The highest BCUT2D eigenvalue weighted by molar-refractivity contribution is 7.80. The number of hydrazone groups is 1. The summed E-state index contributed by atoms with van der Waals surface area (Å²) in [5.74, 6) is 0. The van der Waals surface area contributed by atoms with Gasteiger partial charge in [0.05, 0.1) is 11.8 Å². The van der Waals surface area contributed by atoms with E-state index in [0.717, 1.165) is 43.7 Å². The highest BCUT2D eigenvalue weighted by atomic mass is 32.1. The molecule has 0 aliphatic carbocycles. The summed E-state index contributed by atoms with van der Waals surface area (Å²) in [6.07, 6.45) is 3.20. The van der Waals surface area contributed by atoms with Crippen molar-refractivity contribution in [1.82, 2.24) is 10.7 Å². The summed E-state index contributed by atoms with van der Waals surface area (Å²) in [4.78, 5) is 0. The van der Waals surface area contributed by atoms with Gasteiger partial charge in [-0.2, -0.15) is 5.10 Å². The summed E-state index contributed by atoms with van der Waals surface area (Å²) in [5.41, 5.74) is 7.49. The van der Waals surface area contributed by atoms with E-state index in [-0.39, 0.29) is 6.10 Å². The Hall–Kier alpha value is -2.24. The second kappa shape index (κ2) is 9.46. The van der Waals surface area contributed by atoms with Crippen molar-refractivity contribution in [2.75, 3.05) is 13.2 Å². The Bertz CT molecular complexity index is 738. The van der Waals surface area contributed by atoms with E-state index in [4.69, 9.17) is 17.0 Å². The minimum absolute atomic E-state index is 0.250. The first-order valence-corrected chi connectivity index (χ1v) is 9.44. The maximum atomic E-state index is 5.60. The summed E-state index contributed by atoms with van der Waals surface area (Å²) in [5, 5.41) is 8.30. The van der Waals surface area contributed by atoms with Crippen LogP contribution < -0.4 is 10.7 Å². The van der Waals surface area contributed by atoms with Gasteiger partial charge in [0.15, 0.2) is 5.11 Å². The summed E-state index contributed by atoms with van der Waals surface area (Å²) in [6, 6.07) is 18.7. The largest absolute Gasteiger partial charge is 0.376 e. The smallest absolute Gasteiger partial charge is 0.187 e. The minimum atomic E-state index is 0.250. The Balaban J connectivity index is 1.66. The molecule has 2 aromatic rings. The predicted octanol–water partition coefficient (Wildman–Crippen LogP) is 3.58. The van der Waals surface area contributed by atoms with Crippen molar-refractivity contribution in [3.63, 3.8) is 0 Å². The second-order valence-electron chi connectivity index (χ2n) is 6.54. The Morgan fingerprint density at radius 2 is 1.92 bits per heavy atom. The van der Waals surface area contributed by atoms with E-state index in [1.54, 1.807) is 0 Å². The molecule has 1 heterocycles. The molecule has 1 aliphatic rings. The number of ether oxygens (including phenoxy) is 1. The van der Waals surface area contributed by atoms with Gasteiger partial charge in [-0.15, -0.1) is 0 Å². The highest BCUT2D eigenvalue weighted by Crippen LogP contribution is 2.11. The third kappa shape index (κ3) is 5.64. The maximum absolute atomic E-state index is 5.60. The molecule has 0 radical (unpaired) electrons. The van der Waals surface area contributed by atoms with Crippen molar-refractivity contribution in [2.24, 2.45) is 5.10 Å². The van der Waals surface area contributed by atoms with Gasteiger partial charge in [-0.3, -0.25) is 5.43 Å². The predicted molar refractivity (Wildman–Crippen MR) is 111 cm³/mol. The molecular weight excluding hydrogens is 342 g/mol. The van der Waals surface area contributed by atoms with Gasteiger partial charge in [0.25, 0.3) is 0 Å². The van der Waals surface area contributed by atoms with Crippen LogP contribution in [0.2, 0.25) is 0 Å². The number of rotatable bonds is 6. The molecule has 1 atom stereocenters. The van der Waals surface area contributed by atoms with E-state index in [9.17, 15) is 0 Å². The lowest BCUT2D eigenvalue weighted by Crippen LogP contribution is -2.37. The summed E-state index contributed by atoms with van der Waals surface area (Å²) in [6.45, 7) is 3.65. The third-order valence-corrected chi connectivity index (χ3v) is 4.64. The molecule has 2 aromatic carbocycles. The molecule has 0 aromatic heterocycles. The van der Waals surface area contributed by atoms with Gasteiger partial charge >= 0.3 is 0 Å². The molecule has 26 heavy (non-hydrogen) atoms. The van der Waals surface area contributed by atoms with Crippen LogP contribution in [0.25, 0.3) is 0 Å². The van der Waals surface area contributed by atoms with Crippen molar-refractivity contribution in [3.05, 3.63) is 71.3 Å². The molecule has 0 saturated carbocycles. The molecule has 1 aliphatic heterocycles. The van der Waals surface area contributed by atoms with Crippen LogP contribution in [0.15, 0.2) is 59.7 Å². The molecule has 4 nitrogen and oxygen atoms in total.